The normalized spacial score (nSPS) is 19.9. The minimum Gasteiger partial charge on any atom is -0.480 e. The van der Waals surface area contributed by atoms with Gasteiger partial charge in [-0.05, 0) is 38.4 Å². The largest absolute Gasteiger partial charge is 0.480 e. The van der Waals surface area contributed by atoms with Crippen molar-refractivity contribution in [3.05, 3.63) is 30.3 Å². The molecule has 102 valence electrons. The highest BCUT2D eigenvalue weighted by Crippen LogP contribution is 2.20. The zero-order chi connectivity index (χ0) is 13.8. The number of aliphatic carboxylic acids is 1. The lowest BCUT2D eigenvalue weighted by Crippen LogP contribution is -2.50. The zero-order valence-corrected chi connectivity index (χ0v) is 10.9. The first kappa shape index (κ1) is 13.5. The van der Waals surface area contributed by atoms with Crippen LogP contribution >= 0.6 is 0 Å². The fourth-order valence-corrected chi connectivity index (χ4v) is 2.30. The highest BCUT2D eigenvalue weighted by molar-refractivity contribution is 6.01. The lowest BCUT2D eigenvalue weighted by molar-refractivity contribution is -0.139. The fraction of sp³-hybridized carbons (Fsp3) is 0.429. The van der Waals surface area contributed by atoms with Crippen LogP contribution in [0.2, 0.25) is 0 Å². The minimum atomic E-state index is -1.00. The lowest BCUT2D eigenvalue weighted by Gasteiger charge is -2.29. The molecule has 1 heterocycles. The second-order valence-corrected chi connectivity index (χ2v) is 4.71. The number of rotatable bonds is 4. The first-order valence-corrected chi connectivity index (χ1v) is 6.45. The molecule has 0 aliphatic carbocycles. The molecule has 1 aromatic carbocycles. The van der Waals surface area contributed by atoms with Crippen molar-refractivity contribution in [1.82, 2.24) is 5.32 Å². The molecule has 5 heteroatoms. The number of hydrogen-bond donors (Lipinski definition) is 2. The van der Waals surface area contributed by atoms with Gasteiger partial charge in [0.2, 0.25) is 5.91 Å². The van der Waals surface area contributed by atoms with Gasteiger partial charge in [-0.25, -0.2) is 4.79 Å². The molecule has 5 nitrogen and oxygen atoms in total. The number of nitrogens with one attached hydrogen (secondary N) is 1. The van der Waals surface area contributed by atoms with E-state index in [0.29, 0.717) is 5.69 Å². The van der Waals surface area contributed by atoms with Gasteiger partial charge in [0.15, 0.2) is 0 Å². The summed E-state index contributed by atoms with van der Waals surface area (Å²) in [5, 5.41) is 12.3. The van der Waals surface area contributed by atoms with Crippen molar-refractivity contribution in [3.8, 4) is 0 Å². The Bertz CT molecular complexity index is 455. The Morgan fingerprint density at radius 1 is 1.37 bits per heavy atom. The quantitative estimate of drug-likeness (QED) is 0.856. The van der Waals surface area contributed by atoms with Gasteiger partial charge < -0.3 is 10.4 Å². The number of carbonyl (C=O) groups is 2. The van der Waals surface area contributed by atoms with E-state index in [9.17, 15) is 14.7 Å². The van der Waals surface area contributed by atoms with E-state index >= 15 is 0 Å². The molecule has 0 spiro atoms. The van der Waals surface area contributed by atoms with Crippen LogP contribution in [0.1, 0.15) is 19.8 Å². The van der Waals surface area contributed by atoms with Gasteiger partial charge in [0.05, 0.1) is 6.04 Å². The summed E-state index contributed by atoms with van der Waals surface area (Å²) in [6.07, 6.45) is 1.70. The first-order chi connectivity index (χ1) is 9.11. The van der Waals surface area contributed by atoms with E-state index in [4.69, 9.17) is 0 Å². The molecule has 1 aliphatic rings. The maximum atomic E-state index is 12.5. The molecule has 1 fully saturated rings. The van der Waals surface area contributed by atoms with Crippen LogP contribution < -0.4 is 10.2 Å². The van der Waals surface area contributed by atoms with E-state index in [1.54, 1.807) is 24.3 Å². The Morgan fingerprint density at radius 2 is 2.05 bits per heavy atom. The van der Waals surface area contributed by atoms with Gasteiger partial charge in [-0.3, -0.25) is 9.69 Å². The van der Waals surface area contributed by atoms with Gasteiger partial charge in [0.25, 0.3) is 0 Å². The van der Waals surface area contributed by atoms with E-state index in [2.05, 4.69) is 5.32 Å². The number of hydrogen-bond acceptors (Lipinski definition) is 3. The molecule has 2 N–H and O–H groups in total. The van der Waals surface area contributed by atoms with Crippen molar-refractivity contribution < 1.29 is 14.7 Å². The average molecular weight is 262 g/mol. The Morgan fingerprint density at radius 3 is 2.58 bits per heavy atom. The number of amides is 1. The van der Waals surface area contributed by atoms with Crippen molar-refractivity contribution in [3.63, 3.8) is 0 Å². The third-order valence-electron chi connectivity index (χ3n) is 3.37. The van der Waals surface area contributed by atoms with Crippen LogP contribution in [-0.2, 0) is 9.59 Å². The highest BCUT2D eigenvalue weighted by Gasteiger charge is 2.33. The molecule has 2 atom stereocenters. The number of carbonyl (C=O) groups excluding carboxylic acids is 1. The molecule has 1 amide bonds. The molecule has 0 aromatic heterocycles. The van der Waals surface area contributed by atoms with Crippen LogP contribution in [0.15, 0.2) is 30.3 Å². The maximum Gasteiger partial charge on any atom is 0.326 e. The lowest BCUT2D eigenvalue weighted by atomic mass is 10.1. The molecule has 0 unspecified atom stereocenters. The van der Waals surface area contributed by atoms with Crippen molar-refractivity contribution in [1.29, 1.82) is 0 Å². The van der Waals surface area contributed by atoms with Gasteiger partial charge in [0, 0.05) is 5.69 Å². The summed E-state index contributed by atoms with van der Waals surface area (Å²) in [4.78, 5) is 25.1. The van der Waals surface area contributed by atoms with Gasteiger partial charge in [-0.1, -0.05) is 18.2 Å². The number of carboxylic acids is 1. The summed E-state index contributed by atoms with van der Waals surface area (Å²) in [7, 11) is 0. The molecule has 2 rings (SSSR count). The fourth-order valence-electron chi connectivity index (χ4n) is 2.30. The Kier molecular flexibility index (Phi) is 4.16. The molecular formula is C14H18N2O3. The van der Waals surface area contributed by atoms with Crippen molar-refractivity contribution in [2.45, 2.75) is 31.8 Å². The van der Waals surface area contributed by atoms with Crippen LogP contribution in [0.5, 0.6) is 0 Å². The summed E-state index contributed by atoms with van der Waals surface area (Å²) >= 11 is 0. The van der Waals surface area contributed by atoms with E-state index in [1.165, 1.54) is 11.8 Å². The third-order valence-corrected chi connectivity index (χ3v) is 3.37. The average Bonchev–Trinajstić information content (AvgIpc) is 2.93. The summed E-state index contributed by atoms with van der Waals surface area (Å²) in [5.41, 5.74) is 0.621. The molecule has 1 saturated heterocycles. The number of para-hydroxylation sites is 1. The summed E-state index contributed by atoms with van der Waals surface area (Å²) in [6, 6.07) is 7.79. The van der Waals surface area contributed by atoms with Gasteiger partial charge in [-0.15, -0.1) is 0 Å². The van der Waals surface area contributed by atoms with E-state index in [1.807, 2.05) is 6.07 Å². The standard InChI is InChI=1S/C14H18N2O3/c1-10(14(18)19)16(11-6-3-2-4-7-11)13(17)12-8-5-9-15-12/h2-4,6-7,10,12,15H,5,8-9H2,1H3,(H,18,19)/t10-,12-/m0/s1. The molecule has 0 saturated carbocycles. The van der Waals surface area contributed by atoms with Crippen LogP contribution in [0, 0.1) is 0 Å². The monoisotopic (exact) mass is 262 g/mol. The van der Waals surface area contributed by atoms with Gasteiger partial charge in [0.1, 0.15) is 6.04 Å². The zero-order valence-electron chi connectivity index (χ0n) is 10.9. The van der Waals surface area contributed by atoms with Crippen molar-refractivity contribution >= 4 is 17.6 Å². The SMILES string of the molecule is C[C@@H](C(=O)O)N(C(=O)[C@@H]1CCCN1)c1ccccc1. The van der Waals surface area contributed by atoms with Crippen LogP contribution in [-0.4, -0.2) is 35.6 Å². The molecule has 0 radical (unpaired) electrons. The van der Waals surface area contributed by atoms with E-state index in [0.717, 1.165) is 19.4 Å². The van der Waals surface area contributed by atoms with Gasteiger partial charge in [-0.2, -0.15) is 0 Å². The van der Waals surface area contributed by atoms with Crippen LogP contribution in [0.25, 0.3) is 0 Å². The van der Waals surface area contributed by atoms with Crippen LogP contribution in [0.4, 0.5) is 5.69 Å². The number of anilines is 1. The minimum absolute atomic E-state index is 0.168. The Balaban J connectivity index is 2.28. The van der Waals surface area contributed by atoms with Crippen molar-refractivity contribution in [2.24, 2.45) is 0 Å². The Hall–Kier alpha value is -1.88. The first-order valence-electron chi connectivity index (χ1n) is 6.45. The predicted molar refractivity (Wildman–Crippen MR) is 72.1 cm³/mol. The third kappa shape index (κ3) is 2.93. The second-order valence-electron chi connectivity index (χ2n) is 4.71. The molecular weight excluding hydrogens is 244 g/mol. The number of benzene rings is 1. The summed E-state index contributed by atoms with van der Waals surface area (Å²) < 4.78 is 0. The molecule has 1 aliphatic heterocycles. The van der Waals surface area contributed by atoms with E-state index in [-0.39, 0.29) is 11.9 Å². The van der Waals surface area contributed by atoms with E-state index < -0.39 is 12.0 Å². The van der Waals surface area contributed by atoms with Crippen molar-refractivity contribution in [2.75, 3.05) is 11.4 Å². The second kappa shape index (κ2) is 5.84. The summed E-state index contributed by atoms with van der Waals surface area (Å²) in [5.74, 6) is -1.17. The topological polar surface area (TPSA) is 69.6 Å². The highest BCUT2D eigenvalue weighted by atomic mass is 16.4. The van der Waals surface area contributed by atoms with Crippen LogP contribution in [0.3, 0.4) is 0 Å². The summed E-state index contributed by atoms with van der Waals surface area (Å²) in [6.45, 7) is 2.34. The maximum absolute atomic E-state index is 12.5. The molecule has 19 heavy (non-hydrogen) atoms. The smallest absolute Gasteiger partial charge is 0.326 e. The molecule has 1 aromatic rings. The Labute approximate surface area is 112 Å². The predicted octanol–water partition coefficient (Wildman–Crippen LogP) is 1.24. The number of nitrogens with zero attached hydrogens (tertiary/aromatic N) is 1. The van der Waals surface area contributed by atoms with Gasteiger partial charge >= 0.3 is 5.97 Å². The number of carboxylic acid groups (broad SMARTS) is 1. The molecule has 0 bridgehead atoms.